The van der Waals surface area contributed by atoms with Gasteiger partial charge in [0.25, 0.3) is 5.91 Å². The molecule has 0 atom stereocenters. The Labute approximate surface area is 142 Å². The number of thiocarbonyl (C=S) groups is 1. The molecule has 4 nitrogen and oxygen atoms in total. The predicted molar refractivity (Wildman–Crippen MR) is 94.9 cm³/mol. The Morgan fingerprint density at radius 2 is 1.87 bits per heavy atom. The number of phenols is 1. The summed E-state index contributed by atoms with van der Waals surface area (Å²) >= 11 is 6.44. The predicted octanol–water partition coefficient (Wildman–Crippen LogP) is 3.67. The first kappa shape index (κ1) is 15.3. The maximum Gasteiger partial charge on any atom is 0.270 e. The summed E-state index contributed by atoms with van der Waals surface area (Å²) in [5.41, 5.74) is 1.40. The molecule has 0 bridgehead atoms. The molecule has 0 aliphatic carbocycles. The fourth-order valence-corrected chi connectivity index (χ4v) is 3.47. The minimum Gasteiger partial charge on any atom is -0.507 e. The van der Waals surface area contributed by atoms with Crippen LogP contribution in [0, 0.1) is 11.3 Å². The molecule has 2 aromatic carbocycles. The van der Waals surface area contributed by atoms with E-state index >= 15 is 0 Å². The van der Waals surface area contributed by atoms with Crippen molar-refractivity contribution in [3.63, 3.8) is 0 Å². The van der Waals surface area contributed by atoms with Crippen molar-refractivity contribution < 1.29 is 9.90 Å². The number of amides is 1. The Morgan fingerprint density at radius 3 is 2.61 bits per heavy atom. The zero-order chi connectivity index (χ0) is 16.4. The molecule has 6 heteroatoms. The number of hydrogen-bond acceptors (Lipinski definition) is 5. The highest BCUT2D eigenvalue weighted by Gasteiger charge is 2.34. The molecule has 1 N–H and O–H groups in total. The van der Waals surface area contributed by atoms with Crippen molar-refractivity contribution in [2.45, 2.75) is 0 Å². The van der Waals surface area contributed by atoms with Gasteiger partial charge in [0, 0.05) is 5.56 Å². The lowest BCUT2D eigenvalue weighted by Gasteiger charge is -2.15. The first-order valence-corrected chi connectivity index (χ1v) is 7.89. The number of hydrogen-bond donors (Lipinski definition) is 1. The smallest absolute Gasteiger partial charge is 0.270 e. The van der Waals surface area contributed by atoms with Crippen molar-refractivity contribution in [2.75, 3.05) is 4.90 Å². The van der Waals surface area contributed by atoms with E-state index in [-0.39, 0.29) is 11.7 Å². The highest BCUT2D eigenvalue weighted by atomic mass is 32.2. The average Bonchev–Trinajstić information content (AvgIpc) is 2.83. The minimum atomic E-state index is -0.300. The summed E-state index contributed by atoms with van der Waals surface area (Å²) in [6.45, 7) is 0. The highest BCUT2D eigenvalue weighted by Crippen LogP contribution is 2.37. The number of anilines is 1. The lowest BCUT2D eigenvalue weighted by atomic mass is 10.1. The van der Waals surface area contributed by atoms with E-state index in [2.05, 4.69) is 6.07 Å². The van der Waals surface area contributed by atoms with Gasteiger partial charge in [0.1, 0.15) is 11.8 Å². The lowest BCUT2D eigenvalue weighted by molar-refractivity contribution is -0.113. The van der Waals surface area contributed by atoms with E-state index in [1.807, 2.05) is 0 Å². The number of benzene rings is 2. The van der Waals surface area contributed by atoms with Gasteiger partial charge in [0.15, 0.2) is 4.32 Å². The minimum absolute atomic E-state index is 0.0928. The third-order valence-corrected chi connectivity index (χ3v) is 4.58. The number of nitrogens with zero attached hydrogens (tertiary/aromatic N) is 2. The van der Waals surface area contributed by atoms with Gasteiger partial charge < -0.3 is 5.11 Å². The first-order valence-electron chi connectivity index (χ1n) is 6.67. The molecule has 3 rings (SSSR count). The summed E-state index contributed by atoms with van der Waals surface area (Å²) in [6, 6.07) is 15.6. The third-order valence-electron chi connectivity index (χ3n) is 3.28. The molecule has 1 amide bonds. The molecule has 112 valence electrons. The zero-order valence-corrected chi connectivity index (χ0v) is 13.4. The maximum absolute atomic E-state index is 12.7. The van der Waals surface area contributed by atoms with Gasteiger partial charge in [-0.2, -0.15) is 5.26 Å². The van der Waals surface area contributed by atoms with Crippen LogP contribution in [-0.2, 0) is 4.79 Å². The molecule has 1 aliphatic heterocycles. The van der Waals surface area contributed by atoms with Gasteiger partial charge in [-0.1, -0.05) is 54.3 Å². The first-order chi connectivity index (χ1) is 11.1. The Hall–Kier alpha value is -2.62. The Kier molecular flexibility index (Phi) is 4.15. The van der Waals surface area contributed by atoms with Crippen LogP contribution in [0.25, 0.3) is 6.08 Å². The number of carbonyl (C=O) groups excluding carboxylic acids is 1. The summed E-state index contributed by atoms with van der Waals surface area (Å²) in [5, 5.41) is 19.0. The van der Waals surface area contributed by atoms with E-state index in [9.17, 15) is 15.2 Å². The van der Waals surface area contributed by atoms with Gasteiger partial charge in [0.05, 0.1) is 16.2 Å². The van der Waals surface area contributed by atoms with Gasteiger partial charge in [0.2, 0.25) is 0 Å². The Morgan fingerprint density at radius 1 is 1.17 bits per heavy atom. The van der Waals surface area contributed by atoms with Gasteiger partial charge >= 0.3 is 0 Å². The largest absolute Gasteiger partial charge is 0.507 e. The molecule has 1 heterocycles. The van der Waals surface area contributed by atoms with E-state index in [1.54, 1.807) is 54.6 Å². The van der Waals surface area contributed by atoms with Gasteiger partial charge in [-0.05, 0) is 24.3 Å². The third kappa shape index (κ3) is 2.84. The van der Waals surface area contributed by atoms with Crippen molar-refractivity contribution in [3.05, 3.63) is 64.6 Å². The second-order valence-electron chi connectivity index (χ2n) is 4.70. The number of phenolic OH excluding ortho intramolecular Hbond substituents is 1. The van der Waals surface area contributed by atoms with Gasteiger partial charge in [-0.25, -0.2) is 0 Å². The fraction of sp³-hybridized carbons (Fsp3) is 0. The molecule has 1 fully saturated rings. The number of aromatic hydroxyl groups is 1. The lowest BCUT2D eigenvalue weighted by Crippen LogP contribution is -2.28. The summed E-state index contributed by atoms with van der Waals surface area (Å²) in [7, 11) is 0. The van der Waals surface area contributed by atoms with E-state index < -0.39 is 0 Å². The quantitative estimate of drug-likeness (QED) is 0.668. The SMILES string of the molecule is N#Cc1ccccc1N1C(=O)/C(=C/c2ccccc2O)SC1=S. The van der Waals surface area contributed by atoms with Crippen LogP contribution >= 0.6 is 24.0 Å². The van der Waals surface area contributed by atoms with Crippen LogP contribution in [0.5, 0.6) is 5.75 Å². The normalized spacial score (nSPS) is 16.0. The van der Waals surface area contributed by atoms with Gasteiger partial charge in [-0.15, -0.1) is 0 Å². The molecule has 0 spiro atoms. The van der Waals surface area contributed by atoms with Crippen LogP contribution in [0.1, 0.15) is 11.1 Å². The molecule has 1 saturated heterocycles. The second kappa shape index (κ2) is 6.24. The van der Waals surface area contributed by atoms with Crippen LogP contribution in [0.4, 0.5) is 5.69 Å². The van der Waals surface area contributed by atoms with Crippen LogP contribution < -0.4 is 4.90 Å². The highest BCUT2D eigenvalue weighted by molar-refractivity contribution is 8.27. The van der Waals surface area contributed by atoms with Crippen LogP contribution in [0.3, 0.4) is 0 Å². The second-order valence-corrected chi connectivity index (χ2v) is 6.38. The number of nitriles is 1. The molecule has 23 heavy (non-hydrogen) atoms. The molecule has 0 unspecified atom stereocenters. The zero-order valence-electron chi connectivity index (χ0n) is 11.8. The standard InChI is InChI=1S/C17H10N2O2S2/c18-10-12-6-1-3-7-13(12)19-16(21)15(23-17(19)22)9-11-5-2-4-8-14(11)20/h1-9,20H/b15-9-. The Bertz CT molecular complexity index is 884. The van der Waals surface area contributed by atoms with Crippen molar-refractivity contribution in [1.29, 1.82) is 5.26 Å². The number of thioether (sulfide) groups is 1. The molecule has 0 aromatic heterocycles. The number of carbonyl (C=O) groups is 1. The Balaban J connectivity index is 2.01. The van der Waals surface area contributed by atoms with E-state index in [0.717, 1.165) is 11.8 Å². The van der Waals surface area contributed by atoms with Gasteiger partial charge in [-0.3, -0.25) is 9.69 Å². The summed E-state index contributed by atoms with van der Waals surface area (Å²) in [5.74, 6) is -0.207. The van der Waals surface area contributed by atoms with Crippen LogP contribution in [0.2, 0.25) is 0 Å². The molecular weight excluding hydrogens is 328 g/mol. The molecule has 0 saturated carbocycles. The van der Waals surface area contributed by atoms with Crippen molar-refractivity contribution >= 4 is 46.0 Å². The molecule has 1 aliphatic rings. The van der Waals surface area contributed by atoms with E-state index in [4.69, 9.17) is 12.2 Å². The summed E-state index contributed by atoms with van der Waals surface area (Å²) in [6.07, 6.45) is 1.60. The number of rotatable bonds is 2. The summed E-state index contributed by atoms with van der Waals surface area (Å²) in [4.78, 5) is 14.4. The van der Waals surface area contributed by atoms with Crippen LogP contribution in [0.15, 0.2) is 53.4 Å². The molecule has 2 aromatic rings. The summed E-state index contributed by atoms with van der Waals surface area (Å²) < 4.78 is 0.361. The monoisotopic (exact) mass is 338 g/mol. The van der Waals surface area contributed by atoms with Crippen molar-refractivity contribution in [1.82, 2.24) is 0 Å². The maximum atomic E-state index is 12.7. The average molecular weight is 338 g/mol. The topological polar surface area (TPSA) is 64.3 Å². The molecular formula is C17H10N2O2S2. The van der Waals surface area contributed by atoms with Crippen molar-refractivity contribution in [2.24, 2.45) is 0 Å². The fourth-order valence-electron chi connectivity index (χ4n) is 2.19. The van der Waals surface area contributed by atoms with Crippen LogP contribution in [-0.4, -0.2) is 15.3 Å². The van der Waals surface area contributed by atoms with Crippen molar-refractivity contribution in [3.8, 4) is 11.8 Å². The van der Waals surface area contributed by atoms with E-state index in [1.165, 1.54) is 4.90 Å². The van der Waals surface area contributed by atoms with E-state index in [0.29, 0.717) is 26.0 Å². The number of para-hydroxylation sites is 2. The molecule has 0 radical (unpaired) electrons.